The van der Waals surface area contributed by atoms with Crippen molar-refractivity contribution in [2.24, 2.45) is 7.05 Å². The van der Waals surface area contributed by atoms with Crippen LogP contribution in [-0.4, -0.2) is 18.0 Å². The van der Waals surface area contributed by atoms with Crippen LogP contribution in [0.1, 0.15) is 5.82 Å². The van der Waals surface area contributed by atoms with E-state index in [1.54, 1.807) is 24.0 Å². The lowest BCUT2D eigenvalue weighted by Gasteiger charge is -2.09. The Hall–Kier alpha value is -1.93. The summed E-state index contributed by atoms with van der Waals surface area (Å²) in [6.45, 7) is -0.0421. The van der Waals surface area contributed by atoms with Gasteiger partial charge in [-0.1, -0.05) is 6.07 Å². The van der Waals surface area contributed by atoms with Crippen molar-refractivity contribution < 1.29 is 12.8 Å². The van der Waals surface area contributed by atoms with E-state index >= 15 is 0 Å². The number of halogens is 1. The number of sulfonamides is 1. The van der Waals surface area contributed by atoms with Crippen LogP contribution in [0, 0.1) is 5.82 Å². The highest BCUT2D eigenvalue weighted by molar-refractivity contribution is 7.89. The zero-order valence-corrected chi connectivity index (χ0v) is 11.0. The van der Waals surface area contributed by atoms with E-state index < -0.39 is 20.7 Å². The molecule has 0 aliphatic carbocycles. The smallest absolute Gasteiger partial charge is 0.245 e. The summed E-state index contributed by atoms with van der Waals surface area (Å²) in [6.07, 6.45) is 3.22. The second-order valence-electron chi connectivity index (χ2n) is 3.94. The van der Waals surface area contributed by atoms with Gasteiger partial charge in [0, 0.05) is 19.4 Å². The molecule has 1 aromatic carbocycles. The van der Waals surface area contributed by atoms with Crippen LogP contribution in [0.5, 0.6) is 0 Å². The number of nitrogens with zero attached hydrogens (tertiary/aromatic N) is 2. The minimum Gasteiger partial charge on any atom is -0.398 e. The van der Waals surface area contributed by atoms with Gasteiger partial charge in [0.15, 0.2) is 0 Å². The van der Waals surface area contributed by atoms with E-state index in [1.807, 2.05) is 0 Å². The molecule has 2 aromatic rings. The van der Waals surface area contributed by atoms with E-state index in [9.17, 15) is 12.8 Å². The maximum atomic E-state index is 13.6. The highest BCUT2D eigenvalue weighted by atomic mass is 32.2. The molecule has 1 aromatic heterocycles. The molecule has 0 radical (unpaired) electrons. The fraction of sp³-hybridized carbons (Fsp3) is 0.182. The number of imidazole rings is 1. The Balaban J connectivity index is 2.26. The summed E-state index contributed by atoms with van der Waals surface area (Å²) in [7, 11) is -2.29. The Bertz CT molecular complexity index is 676. The Morgan fingerprint density at radius 2 is 2.21 bits per heavy atom. The molecule has 0 aliphatic rings. The molecule has 0 fully saturated rings. The van der Waals surface area contributed by atoms with Crippen LogP contribution in [0.4, 0.5) is 10.1 Å². The van der Waals surface area contributed by atoms with E-state index in [-0.39, 0.29) is 12.2 Å². The average Bonchev–Trinajstić information content (AvgIpc) is 2.72. The van der Waals surface area contributed by atoms with Gasteiger partial charge in [-0.05, 0) is 12.1 Å². The first-order valence-corrected chi connectivity index (χ1v) is 6.90. The molecular formula is C11H13FN4O2S. The summed E-state index contributed by atoms with van der Waals surface area (Å²) >= 11 is 0. The number of nitrogens with two attached hydrogens (primary N) is 1. The minimum atomic E-state index is -4.02. The van der Waals surface area contributed by atoms with Crippen LogP contribution in [0.2, 0.25) is 0 Å². The lowest BCUT2D eigenvalue weighted by atomic mass is 10.3. The monoisotopic (exact) mass is 284 g/mol. The Morgan fingerprint density at radius 3 is 2.79 bits per heavy atom. The van der Waals surface area contributed by atoms with Crippen LogP contribution >= 0.6 is 0 Å². The Labute approximate surface area is 110 Å². The third kappa shape index (κ3) is 2.74. The lowest BCUT2D eigenvalue weighted by Crippen LogP contribution is -2.26. The average molecular weight is 284 g/mol. The van der Waals surface area contributed by atoms with Crippen molar-refractivity contribution in [3.05, 3.63) is 42.2 Å². The predicted molar refractivity (Wildman–Crippen MR) is 68.0 cm³/mol. The summed E-state index contributed by atoms with van der Waals surface area (Å²) in [6, 6.07) is 3.73. The highest BCUT2D eigenvalue weighted by Crippen LogP contribution is 2.21. The quantitative estimate of drug-likeness (QED) is 0.805. The number of rotatable bonds is 4. The van der Waals surface area contributed by atoms with Gasteiger partial charge in [-0.25, -0.2) is 22.5 Å². The SMILES string of the molecule is Cn1ccnc1CNS(=O)(=O)c1c(N)cccc1F. The fourth-order valence-electron chi connectivity index (χ4n) is 1.61. The number of anilines is 1. The topological polar surface area (TPSA) is 90.0 Å². The Morgan fingerprint density at radius 1 is 1.47 bits per heavy atom. The minimum absolute atomic E-state index is 0.0421. The molecule has 3 N–H and O–H groups in total. The first-order valence-electron chi connectivity index (χ1n) is 5.41. The molecule has 8 heteroatoms. The van der Waals surface area contributed by atoms with Gasteiger partial charge in [0.05, 0.1) is 12.2 Å². The molecular weight excluding hydrogens is 271 g/mol. The van der Waals surface area contributed by atoms with Crippen LogP contribution in [-0.2, 0) is 23.6 Å². The molecule has 102 valence electrons. The van der Waals surface area contributed by atoms with Gasteiger partial charge in [0.25, 0.3) is 0 Å². The summed E-state index contributed by atoms with van der Waals surface area (Å²) in [5, 5.41) is 0. The van der Waals surface area contributed by atoms with E-state index in [4.69, 9.17) is 5.73 Å². The number of nitrogen functional groups attached to an aromatic ring is 1. The molecule has 0 amide bonds. The molecule has 0 spiro atoms. The highest BCUT2D eigenvalue weighted by Gasteiger charge is 2.22. The molecule has 0 saturated heterocycles. The van der Waals surface area contributed by atoms with Gasteiger partial charge in [0.1, 0.15) is 16.5 Å². The first kappa shape index (κ1) is 13.5. The number of aryl methyl sites for hydroxylation is 1. The number of nitrogens with one attached hydrogen (secondary N) is 1. The Kier molecular flexibility index (Phi) is 3.54. The summed E-state index contributed by atoms with van der Waals surface area (Å²) in [4.78, 5) is 3.43. The van der Waals surface area contributed by atoms with Gasteiger partial charge in [-0.2, -0.15) is 0 Å². The van der Waals surface area contributed by atoms with E-state index in [1.165, 1.54) is 12.1 Å². The molecule has 0 unspecified atom stereocenters. The van der Waals surface area contributed by atoms with Crippen molar-refractivity contribution >= 4 is 15.7 Å². The van der Waals surface area contributed by atoms with Gasteiger partial charge < -0.3 is 10.3 Å². The van der Waals surface area contributed by atoms with Gasteiger partial charge in [-0.3, -0.25) is 0 Å². The van der Waals surface area contributed by atoms with E-state index in [2.05, 4.69) is 9.71 Å². The number of aromatic nitrogens is 2. The van der Waals surface area contributed by atoms with E-state index in [0.717, 1.165) is 6.07 Å². The number of hydrogen-bond donors (Lipinski definition) is 2. The standard InChI is InChI=1S/C11H13FN4O2S/c1-16-6-5-14-10(16)7-15-19(17,18)11-8(12)3-2-4-9(11)13/h2-6,15H,7,13H2,1H3. The van der Waals surface area contributed by atoms with Crippen LogP contribution in [0.25, 0.3) is 0 Å². The van der Waals surface area contributed by atoms with Crippen molar-refractivity contribution in [3.63, 3.8) is 0 Å². The van der Waals surface area contributed by atoms with Gasteiger partial charge >= 0.3 is 0 Å². The normalized spacial score (nSPS) is 11.7. The fourth-order valence-corrected chi connectivity index (χ4v) is 2.77. The van der Waals surface area contributed by atoms with Crippen LogP contribution < -0.4 is 10.5 Å². The third-order valence-electron chi connectivity index (χ3n) is 2.61. The number of hydrogen-bond acceptors (Lipinski definition) is 4. The van der Waals surface area contributed by atoms with Crippen molar-refractivity contribution in [2.45, 2.75) is 11.4 Å². The molecule has 1 heterocycles. The second-order valence-corrected chi connectivity index (χ2v) is 5.64. The molecule has 6 nitrogen and oxygen atoms in total. The van der Waals surface area contributed by atoms with Gasteiger partial charge in [-0.15, -0.1) is 0 Å². The third-order valence-corrected chi connectivity index (χ3v) is 4.10. The van der Waals surface area contributed by atoms with Crippen molar-refractivity contribution in [2.75, 3.05) is 5.73 Å². The molecule has 0 saturated carbocycles. The van der Waals surface area contributed by atoms with Crippen LogP contribution in [0.3, 0.4) is 0 Å². The zero-order valence-electron chi connectivity index (χ0n) is 10.2. The molecule has 0 bridgehead atoms. The molecule has 2 rings (SSSR count). The lowest BCUT2D eigenvalue weighted by molar-refractivity contribution is 0.555. The maximum Gasteiger partial charge on any atom is 0.245 e. The number of benzene rings is 1. The first-order chi connectivity index (χ1) is 8.92. The van der Waals surface area contributed by atoms with Crippen LogP contribution in [0.15, 0.2) is 35.5 Å². The summed E-state index contributed by atoms with van der Waals surface area (Å²) < 4.78 is 41.5. The van der Waals surface area contributed by atoms with E-state index in [0.29, 0.717) is 5.82 Å². The van der Waals surface area contributed by atoms with Crippen molar-refractivity contribution in [3.8, 4) is 0 Å². The molecule has 19 heavy (non-hydrogen) atoms. The van der Waals surface area contributed by atoms with Crippen molar-refractivity contribution in [1.29, 1.82) is 0 Å². The maximum absolute atomic E-state index is 13.6. The van der Waals surface area contributed by atoms with Gasteiger partial charge in [0.2, 0.25) is 10.0 Å². The summed E-state index contributed by atoms with van der Waals surface area (Å²) in [5.41, 5.74) is 5.37. The zero-order chi connectivity index (χ0) is 14.0. The second kappa shape index (κ2) is 4.98. The largest absolute Gasteiger partial charge is 0.398 e. The molecule has 0 aliphatic heterocycles. The summed E-state index contributed by atoms with van der Waals surface area (Å²) in [5.74, 6) is -0.370. The van der Waals surface area contributed by atoms with Crippen molar-refractivity contribution in [1.82, 2.24) is 14.3 Å². The predicted octanol–water partition coefficient (Wildman–Crippen LogP) is 0.620. The molecule has 0 atom stereocenters.